The summed E-state index contributed by atoms with van der Waals surface area (Å²) in [6.07, 6.45) is 2.46. The van der Waals surface area contributed by atoms with E-state index in [9.17, 15) is 9.18 Å². The van der Waals surface area contributed by atoms with E-state index in [0.717, 1.165) is 10.4 Å². The topological polar surface area (TPSA) is 45.9 Å². The number of aromatic nitrogens is 1. The molecule has 0 spiro atoms. The largest absolute Gasteiger partial charge is 0.316 e. The number of hydrogen-bond donors (Lipinski definition) is 1. The molecule has 0 fully saturated rings. The number of thiazole rings is 1. The molecule has 0 saturated carbocycles. The molecule has 0 unspecified atom stereocenters. The number of hydrogen-bond acceptors (Lipinski definition) is 3. The van der Waals surface area contributed by atoms with Crippen molar-refractivity contribution >= 4 is 17.1 Å². The van der Waals surface area contributed by atoms with Crippen molar-refractivity contribution in [1.82, 2.24) is 4.57 Å². The van der Waals surface area contributed by atoms with E-state index >= 15 is 0 Å². The molecule has 1 heterocycles. The SMILES string of the molecule is N=c1sc(Cc2ccc(F)cc2)cn1CC(=O)c1ccccc1. The summed E-state index contributed by atoms with van der Waals surface area (Å²) in [6, 6.07) is 15.4. The van der Waals surface area contributed by atoms with Gasteiger partial charge in [0.2, 0.25) is 0 Å². The van der Waals surface area contributed by atoms with Crippen molar-refractivity contribution in [2.75, 3.05) is 0 Å². The number of nitrogens with one attached hydrogen (secondary N) is 1. The molecule has 0 radical (unpaired) electrons. The zero-order valence-corrected chi connectivity index (χ0v) is 13.1. The van der Waals surface area contributed by atoms with Gasteiger partial charge < -0.3 is 4.57 Å². The van der Waals surface area contributed by atoms with Gasteiger partial charge in [-0.15, -0.1) is 11.3 Å². The fourth-order valence-corrected chi connectivity index (χ4v) is 3.22. The average Bonchev–Trinajstić information content (AvgIpc) is 2.90. The second-order valence-corrected chi connectivity index (χ2v) is 6.34. The van der Waals surface area contributed by atoms with Crippen LogP contribution in [0.3, 0.4) is 0 Å². The van der Waals surface area contributed by atoms with Crippen molar-refractivity contribution in [3.05, 3.63) is 87.4 Å². The van der Waals surface area contributed by atoms with Gasteiger partial charge in [-0.3, -0.25) is 10.2 Å². The van der Waals surface area contributed by atoms with Gasteiger partial charge in [-0.05, 0) is 17.7 Å². The quantitative estimate of drug-likeness (QED) is 0.715. The minimum absolute atomic E-state index is 0.0183. The molecule has 5 heteroatoms. The van der Waals surface area contributed by atoms with Gasteiger partial charge in [0, 0.05) is 23.1 Å². The molecule has 3 aromatic rings. The maximum atomic E-state index is 12.9. The number of nitrogens with zero attached hydrogens (tertiary/aromatic N) is 1. The van der Waals surface area contributed by atoms with Gasteiger partial charge in [-0.25, -0.2) is 4.39 Å². The van der Waals surface area contributed by atoms with Crippen molar-refractivity contribution in [1.29, 1.82) is 5.41 Å². The molecule has 23 heavy (non-hydrogen) atoms. The Kier molecular flexibility index (Phi) is 4.48. The summed E-state index contributed by atoms with van der Waals surface area (Å²) in [5.41, 5.74) is 1.62. The van der Waals surface area contributed by atoms with Crippen LogP contribution in [0.25, 0.3) is 0 Å². The van der Waals surface area contributed by atoms with Crippen LogP contribution >= 0.6 is 11.3 Å². The van der Waals surface area contributed by atoms with Crippen molar-refractivity contribution in [3.63, 3.8) is 0 Å². The molecule has 0 amide bonds. The number of benzene rings is 2. The third kappa shape index (κ3) is 3.81. The normalized spacial score (nSPS) is 10.7. The standard InChI is InChI=1S/C18H15FN2OS/c19-15-8-6-13(7-9-15)10-16-11-21(18(20)23-16)12-17(22)14-4-2-1-3-5-14/h1-9,11,20H,10,12H2. The zero-order valence-electron chi connectivity index (χ0n) is 12.3. The van der Waals surface area contributed by atoms with Crippen molar-refractivity contribution in [3.8, 4) is 0 Å². The van der Waals surface area contributed by atoms with E-state index in [-0.39, 0.29) is 18.1 Å². The minimum atomic E-state index is -0.260. The number of halogens is 1. The zero-order chi connectivity index (χ0) is 16.2. The predicted octanol–water partition coefficient (Wildman–Crippen LogP) is 3.64. The maximum absolute atomic E-state index is 12.9. The van der Waals surface area contributed by atoms with Gasteiger partial charge in [-0.1, -0.05) is 42.5 Å². The highest BCUT2D eigenvalue weighted by molar-refractivity contribution is 7.09. The monoisotopic (exact) mass is 326 g/mol. The highest BCUT2D eigenvalue weighted by Crippen LogP contribution is 2.13. The number of ketones is 1. The van der Waals surface area contributed by atoms with Crippen LogP contribution in [0.2, 0.25) is 0 Å². The molecular formula is C18H15FN2OS. The first-order chi connectivity index (χ1) is 11.1. The first-order valence-corrected chi connectivity index (χ1v) is 8.00. The summed E-state index contributed by atoms with van der Waals surface area (Å²) in [5.74, 6) is -0.278. The number of carbonyl (C=O) groups excluding carboxylic acids is 1. The molecule has 0 atom stereocenters. The molecule has 1 N–H and O–H groups in total. The second kappa shape index (κ2) is 6.71. The Hall–Kier alpha value is -2.53. The molecule has 0 aliphatic carbocycles. The third-order valence-electron chi connectivity index (χ3n) is 3.49. The molecule has 3 rings (SSSR count). The molecule has 0 aliphatic heterocycles. The lowest BCUT2D eigenvalue weighted by atomic mass is 10.1. The van der Waals surface area contributed by atoms with Crippen LogP contribution < -0.4 is 4.80 Å². The number of rotatable bonds is 5. The van der Waals surface area contributed by atoms with Crippen LogP contribution in [0.1, 0.15) is 20.8 Å². The molecular weight excluding hydrogens is 311 g/mol. The van der Waals surface area contributed by atoms with Crippen molar-refractivity contribution in [2.24, 2.45) is 0 Å². The van der Waals surface area contributed by atoms with Gasteiger partial charge in [0.1, 0.15) is 5.82 Å². The van der Waals surface area contributed by atoms with E-state index in [4.69, 9.17) is 5.41 Å². The molecule has 1 aromatic heterocycles. The van der Waals surface area contributed by atoms with E-state index in [2.05, 4.69) is 0 Å². The average molecular weight is 326 g/mol. The van der Waals surface area contributed by atoms with Gasteiger partial charge in [0.15, 0.2) is 10.6 Å². The summed E-state index contributed by atoms with van der Waals surface area (Å²) < 4.78 is 14.6. The summed E-state index contributed by atoms with van der Waals surface area (Å²) in [7, 11) is 0. The Morgan fingerprint density at radius 2 is 1.78 bits per heavy atom. The minimum Gasteiger partial charge on any atom is -0.316 e. The summed E-state index contributed by atoms with van der Waals surface area (Å²) in [6.45, 7) is 0.156. The molecule has 116 valence electrons. The molecule has 0 saturated heterocycles. The van der Waals surface area contributed by atoms with E-state index < -0.39 is 0 Å². The number of Topliss-reactive ketones (excluding diaryl/α,β-unsaturated/α-hetero) is 1. The number of carbonyl (C=O) groups is 1. The van der Waals surface area contributed by atoms with Crippen LogP contribution in [0.5, 0.6) is 0 Å². The Morgan fingerprint density at radius 1 is 1.09 bits per heavy atom. The lowest BCUT2D eigenvalue weighted by Gasteiger charge is -2.02. The van der Waals surface area contributed by atoms with Crippen LogP contribution in [0.4, 0.5) is 4.39 Å². The van der Waals surface area contributed by atoms with Crippen molar-refractivity contribution < 1.29 is 9.18 Å². The Balaban J connectivity index is 1.75. The second-order valence-electron chi connectivity index (χ2n) is 5.22. The van der Waals surface area contributed by atoms with E-state index in [1.807, 2.05) is 24.4 Å². The van der Waals surface area contributed by atoms with Gasteiger partial charge in [-0.2, -0.15) is 0 Å². The first kappa shape index (κ1) is 15.4. The lowest BCUT2D eigenvalue weighted by molar-refractivity contribution is 0.0971. The summed E-state index contributed by atoms with van der Waals surface area (Å²) >= 11 is 1.33. The predicted molar refractivity (Wildman–Crippen MR) is 88.1 cm³/mol. The molecule has 3 nitrogen and oxygen atoms in total. The van der Waals surface area contributed by atoms with Crippen LogP contribution in [-0.4, -0.2) is 10.4 Å². The Bertz CT molecular complexity index is 866. The van der Waals surface area contributed by atoms with E-state index in [1.54, 1.807) is 28.8 Å². The summed E-state index contributed by atoms with van der Waals surface area (Å²) in [5, 5.41) is 8.02. The molecule has 0 aliphatic rings. The lowest BCUT2D eigenvalue weighted by Crippen LogP contribution is -2.18. The third-order valence-corrected chi connectivity index (χ3v) is 4.43. The molecule has 0 bridgehead atoms. The Labute approximate surface area is 137 Å². The van der Waals surface area contributed by atoms with Crippen LogP contribution in [0, 0.1) is 11.2 Å². The van der Waals surface area contributed by atoms with E-state index in [1.165, 1.54) is 23.5 Å². The van der Waals surface area contributed by atoms with Crippen molar-refractivity contribution in [2.45, 2.75) is 13.0 Å². The van der Waals surface area contributed by atoms with Gasteiger partial charge in [0.25, 0.3) is 0 Å². The fourth-order valence-electron chi connectivity index (χ4n) is 2.31. The summed E-state index contributed by atoms with van der Waals surface area (Å²) in [4.78, 5) is 13.5. The van der Waals surface area contributed by atoms with E-state index in [0.29, 0.717) is 16.8 Å². The van der Waals surface area contributed by atoms with Gasteiger partial charge >= 0.3 is 0 Å². The maximum Gasteiger partial charge on any atom is 0.182 e. The smallest absolute Gasteiger partial charge is 0.182 e. The first-order valence-electron chi connectivity index (χ1n) is 7.18. The Morgan fingerprint density at radius 3 is 2.48 bits per heavy atom. The highest BCUT2D eigenvalue weighted by atomic mass is 32.1. The van der Waals surface area contributed by atoms with Gasteiger partial charge in [0.05, 0.1) is 6.54 Å². The highest BCUT2D eigenvalue weighted by Gasteiger charge is 2.09. The fraction of sp³-hybridized carbons (Fsp3) is 0.111. The van der Waals surface area contributed by atoms with Crippen LogP contribution in [-0.2, 0) is 13.0 Å². The molecule has 2 aromatic carbocycles. The van der Waals surface area contributed by atoms with Crippen LogP contribution in [0.15, 0.2) is 60.8 Å².